The molecule has 3 N–H and O–H groups in total. The summed E-state index contributed by atoms with van der Waals surface area (Å²) in [7, 11) is 1.65. The van der Waals surface area contributed by atoms with Crippen molar-refractivity contribution in [3.63, 3.8) is 0 Å². The lowest BCUT2D eigenvalue weighted by molar-refractivity contribution is 0.171. The smallest absolute Gasteiger partial charge is 0.161 e. The number of methoxy groups -OCH3 is 1. The third kappa shape index (κ3) is 4.49. The van der Waals surface area contributed by atoms with Gasteiger partial charge >= 0.3 is 0 Å². The summed E-state index contributed by atoms with van der Waals surface area (Å²) in [6.45, 7) is 4.37. The van der Waals surface area contributed by atoms with Gasteiger partial charge in [-0.3, -0.25) is 5.43 Å². The maximum atomic E-state index is 11.0. The molecule has 7 nitrogen and oxygen atoms in total. The van der Waals surface area contributed by atoms with Crippen LogP contribution >= 0.6 is 0 Å². The molecule has 0 bridgehead atoms. The number of ether oxygens (including phenoxy) is 4. The maximum absolute atomic E-state index is 11.0. The summed E-state index contributed by atoms with van der Waals surface area (Å²) in [4.78, 5) is 0. The lowest BCUT2D eigenvalue weighted by Crippen LogP contribution is -2.25. The predicted octanol–water partition coefficient (Wildman–Crippen LogP) is 4.25. The molecule has 1 saturated heterocycles. The molecule has 3 aromatic carbocycles. The van der Waals surface area contributed by atoms with Gasteiger partial charge in [-0.2, -0.15) is 0 Å². The van der Waals surface area contributed by atoms with Crippen LogP contribution in [0.4, 0.5) is 0 Å². The molecular weight excluding hydrogens is 432 g/mol. The number of aryl methyl sites for hydroxylation is 1. The van der Waals surface area contributed by atoms with Gasteiger partial charge in [0.1, 0.15) is 37.1 Å². The number of phenolic OH excluding ortho intramolecular Hbond substituents is 1. The first-order valence-electron chi connectivity index (χ1n) is 11.7. The topological polar surface area (TPSA) is 81.2 Å². The molecule has 0 aromatic heterocycles. The SMILES string of the molecule is CCc1cc(C2NNCC2c2ccc3c(c2)OCCO3)c(O)cc1OCc1ccc(OC)cc1. The summed E-state index contributed by atoms with van der Waals surface area (Å²) >= 11 is 0. The van der Waals surface area contributed by atoms with Crippen molar-refractivity contribution in [3.8, 4) is 28.7 Å². The Hall–Kier alpha value is -3.42. The highest BCUT2D eigenvalue weighted by Crippen LogP contribution is 2.42. The zero-order valence-electron chi connectivity index (χ0n) is 19.5. The molecule has 34 heavy (non-hydrogen) atoms. The van der Waals surface area contributed by atoms with Gasteiger partial charge in [0.2, 0.25) is 0 Å². The number of hydrogen-bond acceptors (Lipinski definition) is 7. The Morgan fingerprint density at radius 2 is 1.79 bits per heavy atom. The van der Waals surface area contributed by atoms with Crippen molar-refractivity contribution in [2.45, 2.75) is 31.9 Å². The molecule has 2 heterocycles. The second-order valence-corrected chi connectivity index (χ2v) is 8.52. The molecule has 3 aromatic rings. The predicted molar refractivity (Wildman–Crippen MR) is 129 cm³/mol. The van der Waals surface area contributed by atoms with Gasteiger partial charge in [0.15, 0.2) is 11.5 Å². The number of phenols is 1. The van der Waals surface area contributed by atoms with Gasteiger partial charge in [-0.25, -0.2) is 5.43 Å². The second-order valence-electron chi connectivity index (χ2n) is 8.52. The minimum Gasteiger partial charge on any atom is -0.507 e. The maximum Gasteiger partial charge on any atom is 0.161 e. The highest BCUT2D eigenvalue weighted by Gasteiger charge is 2.33. The van der Waals surface area contributed by atoms with Crippen LogP contribution in [0.25, 0.3) is 0 Å². The second kappa shape index (κ2) is 9.83. The highest BCUT2D eigenvalue weighted by atomic mass is 16.6. The molecule has 7 heteroatoms. The first kappa shape index (κ1) is 22.4. The average molecular weight is 463 g/mol. The lowest BCUT2D eigenvalue weighted by Gasteiger charge is -2.24. The molecule has 2 aliphatic heterocycles. The van der Waals surface area contributed by atoms with Crippen LogP contribution in [-0.2, 0) is 13.0 Å². The highest BCUT2D eigenvalue weighted by molar-refractivity contribution is 5.50. The largest absolute Gasteiger partial charge is 0.507 e. The Morgan fingerprint density at radius 3 is 2.56 bits per heavy atom. The van der Waals surface area contributed by atoms with E-state index >= 15 is 0 Å². The van der Waals surface area contributed by atoms with E-state index < -0.39 is 0 Å². The minimum absolute atomic E-state index is 0.0940. The van der Waals surface area contributed by atoms with Crippen LogP contribution in [0.3, 0.4) is 0 Å². The Kier molecular flexibility index (Phi) is 6.47. The van der Waals surface area contributed by atoms with E-state index in [9.17, 15) is 5.11 Å². The van der Waals surface area contributed by atoms with Crippen LogP contribution in [0, 0.1) is 0 Å². The van der Waals surface area contributed by atoms with E-state index in [0.717, 1.165) is 52.5 Å². The van der Waals surface area contributed by atoms with Crippen molar-refractivity contribution >= 4 is 0 Å². The molecule has 2 unspecified atom stereocenters. The van der Waals surface area contributed by atoms with Crippen LogP contribution in [0.1, 0.15) is 41.1 Å². The van der Waals surface area contributed by atoms with Crippen LogP contribution < -0.4 is 29.8 Å². The van der Waals surface area contributed by atoms with E-state index in [1.165, 1.54) is 0 Å². The minimum atomic E-state index is -0.0940. The number of fused-ring (bicyclic) bond motifs is 1. The summed E-state index contributed by atoms with van der Waals surface area (Å²) in [5.74, 6) is 3.39. The van der Waals surface area contributed by atoms with Crippen molar-refractivity contribution in [3.05, 3.63) is 76.9 Å². The molecule has 2 aliphatic rings. The van der Waals surface area contributed by atoms with Gasteiger partial charge in [0, 0.05) is 24.1 Å². The fourth-order valence-corrected chi connectivity index (χ4v) is 4.57. The van der Waals surface area contributed by atoms with E-state index in [1.807, 2.05) is 42.5 Å². The molecule has 1 fully saturated rings. The molecule has 0 saturated carbocycles. The molecule has 0 aliphatic carbocycles. The van der Waals surface area contributed by atoms with Crippen LogP contribution in [-0.4, -0.2) is 32.0 Å². The van der Waals surface area contributed by atoms with E-state index in [4.69, 9.17) is 18.9 Å². The van der Waals surface area contributed by atoms with Crippen LogP contribution in [0.5, 0.6) is 28.7 Å². The summed E-state index contributed by atoms with van der Waals surface area (Å²) in [5, 5.41) is 11.0. The first-order valence-corrected chi connectivity index (χ1v) is 11.7. The lowest BCUT2D eigenvalue weighted by atomic mass is 9.87. The Balaban J connectivity index is 1.37. The van der Waals surface area contributed by atoms with Gasteiger partial charge in [-0.05, 0) is 53.4 Å². The van der Waals surface area contributed by atoms with E-state index in [1.54, 1.807) is 13.2 Å². The van der Waals surface area contributed by atoms with Gasteiger partial charge < -0.3 is 24.1 Å². The summed E-state index contributed by atoms with van der Waals surface area (Å²) < 4.78 is 22.8. The van der Waals surface area contributed by atoms with Gasteiger partial charge in [-0.15, -0.1) is 0 Å². The van der Waals surface area contributed by atoms with E-state index in [2.05, 4.69) is 23.8 Å². The monoisotopic (exact) mass is 462 g/mol. The standard InChI is InChI=1S/C27H30N2O5/c1-3-18-12-21(23(30)14-25(18)34-16-17-4-7-20(31-2)8-5-17)27-22(15-28-29-27)19-6-9-24-26(13-19)33-11-10-32-24/h4-9,12-14,22,27-30H,3,10-11,15-16H2,1-2H3. The zero-order chi connectivity index (χ0) is 23.5. The first-order chi connectivity index (χ1) is 16.7. The quantitative estimate of drug-likeness (QED) is 0.484. The summed E-state index contributed by atoms with van der Waals surface area (Å²) in [5.41, 5.74) is 10.7. The number of hydrogen-bond donors (Lipinski definition) is 3. The van der Waals surface area contributed by atoms with Crippen molar-refractivity contribution < 1.29 is 24.1 Å². The molecule has 2 atom stereocenters. The number of aromatic hydroxyl groups is 1. The van der Waals surface area contributed by atoms with Gasteiger partial charge in [0.05, 0.1) is 13.2 Å². The molecular formula is C27H30N2O5. The number of nitrogens with one attached hydrogen (secondary N) is 2. The summed E-state index contributed by atoms with van der Waals surface area (Å²) in [6, 6.07) is 17.6. The normalized spacial score (nSPS) is 19.1. The molecule has 0 amide bonds. The number of benzene rings is 3. The van der Waals surface area contributed by atoms with E-state index in [0.29, 0.717) is 25.6 Å². The zero-order valence-corrected chi connectivity index (χ0v) is 19.5. The van der Waals surface area contributed by atoms with E-state index in [-0.39, 0.29) is 17.7 Å². The summed E-state index contributed by atoms with van der Waals surface area (Å²) in [6.07, 6.45) is 0.792. The third-order valence-electron chi connectivity index (χ3n) is 6.46. The number of hydrazine groups is 1. The fraction of sp³-hybridized carbons (Fsp3) is 0.333. The Labute approximate surface area is 199 Å². The molecule has 178 valence electrons. The van der Waals surface area contributed by atoms with Crippen molar-refractivity contribution in [1.82, 2.24) is 10.9 Å². The fourth-order valence-electron chi connectivity index (χ4n) is 4.57. The molecule has 0 radical (unpaired) electrons. The Bertz CT molecular complexity index is 1150. The third-order valence-corrected chi connectivity index (χ3v) is 6.46. The van der Waals surface area contributed by atoms with Crippen molar-refractivity contribution in [2.75, 3.05) is 26.9 Å². The van der Waals surface area contributed by atoms with Gasteiger partial charge in [0.25, 0.3) is 0 Å². The molecule has 0 spiro atoms. The molecule has 5 rings (SSSR count). The number of rotatable bonds is 7. The van der Waals surface area contributed by atoms with Crippen molar-refractivity contribution in [1.29, 1.82) is 0 Å². The van der Waals surface area contributed by atoms with Gasteiger partial charge in [-0.1, -0.05) is 25.1 Å². The Morgan fingerprint density at radius 1 is 1.00 bits per heavy atom. The average Bonchev–Trinajstić information content (AvgIpc) is 3.37. The van der Waals surface area contributed by atoms with Crippen LogP contribution in [0.15, 0.2) is 54.6 Å². The van der Waals surface area contributed by atoms with Crippen molar-refractivity contribution in [2.24, 2.45) is 0 Å². The van der Waals surface area contributed by atoms with Crippen LogP contribution in [0.2, 0.25) is 0 Å².